The van der Waals surface area contributed by atoms with Crippen LogP contribution in [0.4, 0.5) is 0 Å². The fourth-order valence-electron chi connectivity index (χ4n) is 2.32. The molecule has 0 aliphatic carbocycles. The molecule has 0 bridgehead atoms. The monoisotopic (exact) mass is 260 g/mol. The van der Waals surface area contributed by atoms with Crippen molar-refractivity contribution in [2.24, 2.45) is 17.6 Å². The van der Waals surface area contributed by atoms with Gasteiger partial charge in [0.15, 0.2) is 0 Å². The van der Waals surface area contributed by atoms with E-state index in [1.807, 2.05) is 11.8 Å². The summed E-state index contributed by atoms with van der Waals surface area (Å²) in [6, 6.07) is 0.725. The van der Waals surface area contributed by atoms with Crippen molar-refractivity contribution in [2.45, 2.75) is 46.1 Å². The van der Waals surface area contributed by atoms with Crippen LogP contribution in [0.1, 0.15) is 40.0 Å². The summed E-state index contributed by atoms with van der Waals surface area (Å²) in [7, 11) is 2.26. The molecule has 0 aliphatic rings. The average molecular weight is 260 g/mol. The predicted octanol–water partition coefficient (Wildman–Crippen LogP) is 3.07. The Kier molecular flexibility index (Phi) is 10.4. The first-order valence-corrected chi connectivity index (χ1v) is 8.33. The molecule has 2 atom stereocenters. The summed E-state index contributed by atoms with van der Waals surface area (Å²) in [5.41, 5.74) is 5.85. The number of rotatable bonds is 10. The van der Waals surface area contributed by atoms with Gasteiger partial charge in [-0.1, -0.05) is 20.8 Å². The average Bonchev–Trinajstić information content (AvgIpc) is 2.30. The van der Waals surface area contributed by atoms with Gasteiger partial charge in [-0.25, -0.2) is 0 Å². The smallest absolute Gasteiger partial charge is 0.0180 e. The van der Waals surface area contributed by atoms with Crippen LogP contribution >= 0.6 is 11.8 Å². The van der Waals surface area contributed by atoms with Crippen molar-refractivity contribution in [3.63, 3.8) is 0 Å². The van der Waals surface area contributed by atoms with Gasteiger partial charge in [0.25, 0.3) is 0 Å². The Morgan fingerprint density at radius 1 is 1.29 bits per heavy atom. The molecular weight excluding hydrogens is 228 g/mol. The second-order valence-electron chi connectivity index (χ2n) is 5.52. The zero-order valence-corrected chi connectivity index (χ0v) is 13.2. The minimum Gasteiger partial charge on any atom is -0.330 e. The topological polar surface area (TPSA) is 29.3 Å². The van der Waals surface area contributed by atoms with Gasteiger partial charge in [0, 0.05) is 11.8 Å². The maximum Gasteiger partial charge on any atom is 0.0180 e. The van der Waals surface area contributed by atoms with E-state index >= 15 is 0 Å². The molecule has 104 valence electrons. The molecule has 0 saturated heterocycles. The van der Waals surface area contributed by atoms with Crippen molar-refractivity contribution in [3.05, 3.63) is 0 Å². The molecule has 0 aromatic carbocycles. The molecule has 0 radical (unpaired) electrons. The Balaban J connectivity index is 3.96. The molecule has 2 N–H and O–H groups in total. The van der Waals surface area contributed by atoms with Crippen LogP contribution in [0.5, 0.6) is 0 Å². The molecule has 2 unspecified atom stereocenters. The van der Waals surface area contributed by atoms with E-state index in [4.69, 9.17) is 5.73 Å². The highest BCUT2D eigenvalue weighted by molar-refractivity contribution is 7.98. The molecule has 3 heteroatoms. The summed E-state index contributed by atoms with van der Waals surface area (Å²) in [5, 5.41) is 0. The first-order chi connectivity index (χ1) is 8.04. The minimum atomic E-state index is 0.698. The van der Waals surface area contributed by atoms with Crippen LogP contribution in [0.2, 0.25) is 0 Å². The second-order valence-corrected chi connectivity index (χ2v) is 6.43. The second kappa shape index (κ2) is 10.2. The summed E-state index contributed by atoms with van der Waals surface area (Å²) in [5.74, 6) is 2.70. The lowest BCUT2D eigenvalue weighted by Gasteiger charge is -2.28. The third kappa shape index (κ3) is 8.06. The van der Waals surface area contributed by atoms with E-state index in [0.29, 0.717) is 5.92 Å². The molecule has 0 heterocycles. The molecule has 0 spiro atoms. The standard InChI is InChI=1S/C14H32N2S/c1-6-14(11-17-5)16(4)8-7-13(10-15)9-12(2)3/h12-14H,6-11,15H2,1-5H3. The number of thioether (sulfide) groups is 1. The van der Waals surface area contributed by atoms with E-state index in [0.717, 1.165) is 18.5 Å². The van der Waals surface area contributed by atoms with Crippen molar-refractivity contribution in [1.29, 1.82) is 0 Å². The Morgan fingerprint density at radius 2 is 1.94 bits per heavy atom. The van der Waals surface area contributed by atoms with Gasteiger partial charge >= 0.3 is 0 Å². The number of nitrogens with two attached hydrogens (primary N) is 1. The molecule has 0 rings (SSSR count). The third-order valence-corrected chi connectivity index (χ3v) is 4.20. The third-order valence-electron chi connectivity index (χ3n) is 3.48. The lowest BCUT2D eigenvalue weighted by atomic mass is 9.94. The summed E-state index contributed by atoms with van der Waals surface area (Å²) >= 11 is 1.95. The maximum atomic E-state index is 5.85. The SMILES string of the molecule is CCC(CSC)N(C)CCC(CN)CC(C)C. The summed E-state index contributed by atoms with van der Waals surface area (Å²) in [4.78, 5) is 2.51. The normalized spacial score (nSPS) is 15.5. The van der Waals surface area contributed by atoms with Crippen LogP contribution in [0.25, 0.3) is 0 Å². The first kappa shape index (κ1) is 17.3. The van der Waals surface area contributed by atoms with Gasteiger partial charge in [-0.15, -0.1) is 0 Å². The summed E-state index contributed by atoms with van der Waals surface area (Å²) in [6.07, 6.45) is 5.95. The molecule has 0 fully saturated rings. The fraction of sp³-hybridized carbons (Fsp3) is 1.00. The van der Waals surface area contributed by atoms with Gasteiger partial charge in [-0.2, -0.15) is 11.8 Å². The van der Waals surface area contributed by atoms with Gasteiger partial charge in [0.2, 0.25) is 0 Å². The first-order valence-electron chi connectivity index (χ1n) is 6.94. The van der Waals surface area contributed by atoms with Crippen LogP contribution in [0.3, 0.4) is 0 Å². The van der Waals surface area contributed by atoms with Crippen molar-refractivity contribution >= 4 is 11.8 Å². The quantitative estimate of drug-likeness (QED) is 0.654. The number of hydrogen-bond donors (Lipinski definition) is 1. The summed E-state index contributed by atoms with van der Waals surface area (Å²) in [6.45, 7) is 8.88. The van der Waals surface area contributed by atoms with Crippen LogP contribution in [0, 0.1) is 11.8 Å². The zero-order chi connectivity index (χ0) is 13.3. The molecule has 0 amide bonds. The Bertz CT molecular complexity index is 174. The van der Waals surface area contributed by atoms with Gasteiger partial charge in [0.1, 0.15) is 0 Å². The van der Waals surface area contributed by atoms with Crippen LogP contribution < -0.4 is 5.73 Å². The van der Waals surface area contributed by atoms with E-state index in [-0.39, 0.29) is 0 Å². The molecular formula is C14H32N2S. The maximum absolute atomic E-state index is 5.85. The Hall–Kier alpha value is 0.270. The molecule has 17 heavy (non-hydrogen) atoms. The van der Waals surface area contributed by atoms with Gasteiger partial charge < -0.3 is 10.6 Å². The lowest BCUT2D eigenvalue weighted by Crippen LogP contribution is -2.35. The van der Waals surface area contributed by atoms with E-state index in [1.54, 1.807) is 0 Å². The zero-order valence-electron chi connectivity index (χ0n) is 12.4. The molecule has 0 saturated carbocycles. The van der Waals surface area contributed by atoms with E-state index in [9.17, 15) is 0 Å². The van der Waals surface area contributed by atoms with Gasteiger partial charge in [0.05, 0.1) is 0 Å². The Labute approximate surface area is 113 Å². The Morgan fingerprint density at radius 3 is 2.35 bits per heavy atom. The lowest BCUT2D eigenvalue weighted by molar-refractivity contribution is 0.229. The minimum absolute atomic E-state index is 0.698. The van der Waals surface area contributed by atoms with Crippen molar-refractivity contribution in [1.82, 2.24) is 4.90 Å². The van der Waals surface area contributed by atoms with Crippen molar-refractivity contribution in [3.8, 4) is 0 Å². The molecule has 0 aromatic heterocycles. The van der Waals surface area contributed by atoms with Gasteiger partial charge in [-0.3, -0.25) is 0 Å². The van der Waals surface area contributed by atoms with Crippen molar-refractivity contribution < 1.29 is 0 Å². The molecule has 0 aliphatic heterocycles. The highest BCUT2D eigenvalue weighted by Crippen LogP contribution is 2.16. The van der Waals surface area contributed by atoms with E-state index < -0.39 is 0 Å². The van der Waals surface area contributed by atoms with Crippen LogP contribution in [-0.2, 0) is 0 Å². The van der Waals surface area contributed by atoms with E-state index in [2.05, 4.69) is 39.0 Å². The highest BCUT2D eigenvalue weighted by Gasteiger charge is 2.15. The highest BCUT2D eigenvalue weighted by atomic mass is 32.2. The van der Waals surface area contributed by atoms with Crippen molar-refractivity contribution in [2.75, 3.05) is 32.1 Å². The molecule has 2 nitrogen and oxygen atoms in total. The van der Waals surface area contributed by atoms with Crippen LogP contribution in [0.15, 0.2) is 0 Å². The number of hydrogen-bond acceptors (Lipinski definition) is 3. The van der Waals surface area contributed by atoms with Crippen LogP contribution in [-0.4, -0.2) is 43.1 Å². The number of nitrogens with zero attached hydrogens (tertiary/aromatic N) is 1. The van der Waals surface area contributed by atoms with Gasteiger partial charge in [-0.05, 0) is 57.5 Å². The largest absolute Gasteiger partial charge is 0.330 e. The molecule has 0 aromatic rings. The predicted molar refractivity (Wildman–Crippen MR) is 81.7 cm³/mol. The van der Waals surface area contributed by atoms with E-state index in [1.165, 1.54) is 31.6 Å². The summed E-state index contributed by atoms with van der Waals surface area (Å²) < 4.78 is 0. The fourth-order valence-corrected chi connectivity index (χ4v) is 3.19.